The molecule has 5 nitrogen and oxygen atoms in total. The van der Waals surface area contributed by atoms with Gasteiger partial charge in [-0.05, 0) is 37.6 Å². The van der Waals surface area contributed by atoms with E-state index in [2.05, 4.69) is 24.5 Å². The molecule has 1 aliphatic rings. The average molecular weight is 269 g/mol. The van der Waals surface area contributed by atoms with Crippen molar-refractivity contribution in [1.82, 2.24) is 10.6 Å². The number of nitrogens with one attached hydrogen (secondary N) is 2. The Kier molecular flexibility index (Phi) is 6.84. The molecule has 110 valence electrons. The van der Waals surface area contributed by atoms with Gasteiger partial charge in [-0.1, -0.05) is 20.3 Å². The molecular weight excluding hydrogens is 242 g/mol. The zero-order valence-electron chi connectivity index (χ0n) is 12.1. The first-order valence-electron chi connectivity index (χ1n) is 7.29. The SMILES string of the molecule is CC(C)CCC(=O)NCC(=O)NC1CCCC1CN. The standard InChI is InChI=1S/C14H27N3O2/c1-10(2)6-7-13(18)16-9-14(19)17-12-5-3-4-11(12)8-15/h10-12H,3-9,15H2,1-2H3,(H,16,18)(H,17,19). The lowest BCUT2D eigenvalue weighted by atomic mass is 10.0. The molecule has 1 saturated carbocycles. The molecule has 2 amide bonds. The van der Waals surface area contributed by atoms with E-state index in [1.54, 1.807) is 0 Å². The second-order valence-corrected chi connectivity index (χ2v) is 5.81. The number of nitrogens with two attached hydrogens (primary N) is 1. The first kappa shape index (κ1) is 16.0. The lowest BCUT2D eigenvalue weighted by Gasteiger charge is -2.19. The molecule has 0 aromatic rings. The predicted octanol–water partition coefficient (Wildman–Crippen LogP) is 0.782. The maximum atomic E-state index is 11.7. The van der Waals surface area contributed by atoms with E-state index >= 15 is 0 Å². The highest BCUT2D eigenvalue weighted by atomic mass is 16.2. The summed E-state index contributed by atoms with van der Waals surface area (Å²) in [6.07, 6.45) is 4.54. The highest BCUT2D eigenvalue weighted by Crippen LogP contribution is 2.24. The Labute approximate surface area is 115 Å². The van der Waals surface area contributed by atoms with Crippen LogP contribution in [-0.2, 0) is 9.59 Å². The van der Waals surface area contributed by atoms with Crippen molar-refractivity contribution in [1.29, 1.82) is 0 Å². The minimum Gasteiger partial charge on any atom is -0.352 e. The van der Waals surface area contributed by atoms with E-state index < -0.39 is 0 Å². The quantitative estimate of drug-likeness (QED) is 0.638. The smallest absolute Gasteiger partial charge is 0.239 e. The number of rotatable bonds is 7. The van der Waals surface area contributed by atoms with Crippen LogP contribution in [0, 0.1) is 11.8 Å². The van der Waals surface area contributed by atoms with E-state index in [9.17, 15) is 9.59 Å². The van der Waals surface area contributed by atoms with E-state index in [1.165, 1.54) is 0 Å². The third-order valence-electron chi connectivity index (χ3n) is 3.70. The van der Waals surface area contributed by atoms with Crippen molar-refractivity contribution in [2.45, 2.75) is 52.0 Å². The van der Waals surface area contributed by atoms with Crippen LogP contribution in [0.3, 0.4) is 0 Å². The van der Waals surface area contributed by atoms with Crippen molar-refractivity contribution >= 4 is 11.8 Å². The molecule has 0 bridgehead atoms. The Balaban J connectivity index is 2.19. The van der Waals surface area contributed by atoms with Crippen molar-refractivity contribution in [3.05, 3.63) is 0 Å². The van der Waals surface area contributed by atoms with Gasteiger partial charge in [0.05, 0.1) is 6.54 Å². The summed E-state index contributed by atoms with van der Waals surface area (Å²) in [5.74, 6) is 0.734. The third kappa shape index (κ3) is 6.05. The fourth-order valence-electron chi connectivity index (χ4n) is 2.45. The Morgan fingerprint density at radius 3 is 2.63 bits per heavy atom. The van der Waals surface area contributed by atoms with Crippen LogP contribution in [0.5, 0.6) is 0 Å². The van der Waals surface area contributed by atoms with E-state index in [0.29, 0.717) is 24.8 Å². The molecule has 1 fully saturated rings. The van der Waals surface area contributed by atoms with Gasteiger partial charge in [-0.25, -0.2) is 0 Å². The van der Waals surface area contributed by atoms with Crippen LogP contribution in [0.25, 0.3) is 0 Å². The molecule has 0 aromatic heterocycles. The monoisotopic (exact) mass is 269 g/mol. The molecular formula is C14H27N3O2. The van der Waals surface area contributed by atoms with Crippen LogP contribution in [0.1, 0.15) is 46.0 Å². The molecule has 2 unspecified atom stereocenters. The number of hydrogen-bond donors (Lipinski definition) is 3. The van der Waals surface area contributed by atoms with E-state index in [1.807, 2.05) is 0 Å². The van der Waals surface area contributed by atoms with Gasteiger partial charge in [-0.2, -0.15) is 0 Å². The van der Waals surface area contributed by atoms with Crippen molar-refractivity contribution in [2.75, 3.05) is 13.1 Å². The molecule has 0 heterocycles. The van der Waals surface area contributed by atoms with Gasteiger partial charge < -0.3 is 16.4 Å². The zero-order valence-corrected chi connectivity index (χ0v) is 12.1. The molecule has 0 radical (unpaired) electrons. The molecule has 0 spiro atoms. The number of carbonyl (C=O) groups is 2. The van der Waals surface area contributed by atoms with Gasteiger partial charge in [0.1, 0.15) is 0 Å². The minimum atomic E-state index is -0.108. The highest BCUT2D eigenvalue weighted by Gasteiger charge is 2.27. The Bertz CT molecular complexity index is 305. The van der Waals surface area contributed by atoms with Gasteiger partial charge in [0.15, 0.2) is 0 Å². The van der Waals surface area contributed by atoms with Crippen molar-refractivity contribution in [2.24, 2.45) is 17.6 Å². The summed E-state index contributed by atoms with van der Waals surface area (Å²) in [6, 6.07) is 0.185. The molecule has 0 aliphatic heterocycles. The lowest BCUT2D eigenvalue weighted by molar-refractivity contribution is -0.126. The summed E-state index contributed by atoms with van der Waals surface area (Å²) in [5, 5.41) is 5.63. The summed E-state index contributed by atoms with van der Waals surface area (Å²) < 4.78 is 0. The second-order valence-electron chi connectivity index (χ2n) is 5.81. The van der Waals surface area contributed by atoms with Gasteiger partial charge in [0.25, 0.3) is 0 Å². The van der Waals surface area contributed by atoms with Crippen LogP contribution in [0.4, 0.5) is 0 Å². The number of amides is 2. The lowest BCUT2D eigenvalue weighted by Crippen LogP contribution is -2.44. The first-order chi connectivity index (χ1) is 9.02. The Morgan fingerprint density at radius 2 is 2.00 bits per heavy atom. The fraction of sp³-hybridized carbons (Fsp3) is 0.857. The molecule has 0 saturated heterocycles. The van der Waals surface area contributed by atoms with E-state index in [-0.39, 0.29) is 24.4 Å². The molecule has 19 heavy (non-hydrogen) atoms. The van der Waals surface area contributed by atoms with Crippen molar-refractivity contribution < 1.29 is 9.59 Å². The van der Waals surface area contributed by atoms with Crippen LogP contribution in [-0.4, -0.2) is 30.9 Å². The van der Waals surface area contributed by atoms with Crippen LogP contribution in [0.15, 0.2) is 0 Å². The van der Waals surface area contributed by atoms with Gasteiger partial charge in [-0.15, -0.1) is 0 Å². The van der Waals surface area contributed by atoms with E-state index in [0.717, 1.165) is 25.7 Å². The fourth-order valence-corrected chi connectivity index (χ4v) is 2.45. The summed E-state index contributed by atoms with van der Waals surface area (Å²) in [6.45, 7) is 4.84. The summed E-state index contributed by atoms with van der Waals surface area (Å²) in [4.78, 5) is 23.2. The second kappa shape index (κ2) is 8.15. The van der Waals surface area contributed by atoms with Gasteiger partial charge in [0, 0.05) is 12.5 Å². The zero-order chi connectivity index (χ0) is 14.3. The molecule has 0 aromatic carbocycles. The molecule has 1 rings (SSSR count). The Morgan fingerprint density at radius 1 is 1.26 bits per heavy atom. The van der Waals surface area contributed by atoms with Crippen molar-refractivity contribution in [3.63, 3.8) is 0 Å². The topological polar surface area (TPSA) is 84.2 Å². The predicted molar refractivity (Wildman–Crippen MR) is 75.4 cm³/mol. The van der Waals surface area contributed by atoms with Crippen LogP contribution in [0.2, 0.25) is 0 Å². The van der Waals surface area contributed by atoms with Crippen LogP contribution < -0.4 is 16.4 Å². The number of hydrogen-bond acceptors (Lipinski definition) is 3. The maximum absolute atomic E-state index is 11.7. The van der Waals surface area contributed by atoms with E-state index in [4.69, 9.17) is 5.73 Å². The Hall–Kier alpha value is -1.10. The first-order valence-corrected chi connectivity index (χ1v) is 7.29. The summed E-state index contributed by atoms with van der Waals surface area (Å²) in [5.41, 5.74) is 5.67. The average Bonchev–Trinajstić information content (AvgIpc) is 2.81. The van der Waals surface area contributed by atoms with Gasteiger partial charge >= 0.3 is 0 Å². The van der Waals surface area contributed by atoms with Gasteiger partial charge in [0.2, 0.25) is 11.8 Å². The summed E-state index contributed by atoms with van der Waals surface area (Å²) >= 11 is 0. The molecule has 4 N–H and O–H groups in total. The molecule has 2 atom stereocenters. The third-order valence-corrected chi connectivity index (χ3v) is 3.70. The molecule has 5 heteroatoms. The van der Waals surface area contributed by atoms with Crippen molar-refractivity contribution in [3.8, 4) is 0 Å². The summed E-state index contributed by atoms with van der Waals surface area (Å²) in [7, 11) is 0. The minimum absolute atomic E-state index is 0.0503. The van der Waals surface area contributed by atoms with Crippen LogP contribution >= 0.6 is 0 Å². The normalized spacial score (nSPS) is 22.5. The number of carbonyl (C=O) groups excluding carboxylic acids is 2. The largest absolute Gasteiger partial charge is 0.352 e. The highest BCUT2D eigenvalue weighted by molar-refractivity contribution is 5.84. The molecule has 1 aliphatic carbocycles. The van der Waals surface area contributed by atoms with Gasteiger partial charge in [-0.3, -0.25) is 9.59 Å². The maximum Gasteiger partial charge on any atom is 0.239 e.